The van der Waals surface area contributed by atoms with Gasteiger partial charge in [0.25, 0.3) is 5.91 Å². The summed E-state index contributed by atoms with van der Waals surface area (Å²) >= 11 is 1.59. The van der Waals surface area contributed by atoms with Crippen molar-refractivity contribution >= 4 is 34.9 Å². The Labute approximate surface area is 168 Å². The lowest BCUT2D eigenvalue weighted by Gasteiger charge is -2.21. The van der Waals surface area contributed by atoms with Gasteiger partial charge in [-0.2, -0.15) is 5.10 Å². The molecule has 3 aromatic rings. The van der Waals surface area contributed by atoms with Crippen molar-refractivity contribution in [3.05, 3.63) is 65.9 Å². The van der Waals surface area contributed by atoms with Crippen LogP contribution < -0.4 is 10.2 Å². The Morgan fingerprint density at radius 1 is 1.14 bits per heavy atom. The number of anilines is 3. The van der Waals surface area contributed by atoms with Crippen LogP contribution in [0.2, 0.25) is 0 Å². The number of nitrogens with one attached hydrogen (secondary N) is 1. The number of aryl methyl sites for hydroxylation is 1. The molecule has 0 atom stereocenters. The molecule has 138 valence electrons. The second-order valence-corrected chi connectivity index (χ2v) is 7.37. The molecular formula is C22H18N4OS. The predicted octanol–water partition coefficient (Wildman–Crippen LogP) is 4.66. The number of carbonyl (C=O) groups is 1. The molecule has 0 aliphatic carbocycles. The quantitative estimate of drug-likeness (QED) is 0.663. The molecule has 1 aliphatic heterocycles. The zero-order valence-electron chi connectivity index (χ0n) is 15.6. The summed E-state index contributed by atoms with van der Waals surface area (Å²) < 4.78 is 0. The van der Waals surface area contributed by atoms with Gasteiger partial charge in [0.05, 0.1) is 24.0 Å². The van der Waals surface area contributed by atoms with E-state index < -0.39 is 0 Å². The lowest BCUT2D eigenvalue weighted by molar-refractivity contribution is 0.0987. The minimum absolute atomic E-state index is 0.0323. The summed E-state index contributed by atoms with van der Waals surface area (Å²) in [5, 5.41) is 11.4. The number of rotatable bonds is 3. The van der Waals surface area contributed by atoms with Crippen LogP contribution in [0.25, 0.3) is 0 Å². The van der Waals surface area contributed by atoms with Gasteiger partial charge in [0.1, 0.15) is 0 Å². The molecule has 28 heavy (non-hydrogen) atoms. The molecule has 0 spiro atoms. The van der Waals surface area contributed by atoms with Crippen LogP contribution in [0.5, 0.6) is 0 Å². The summed E-state index contributed by atoms with van der Waals surface area (Å²) in [6.45, 7) is 4.12. The smallest absolute Gasteiger partial charge is 0.260 e. The van der Waals surface area contributed by atoms with Gasteiger partial charge < -0.3 is 5.32 Å². The summed E-state index contributed by atoms with van der Waals surface area (Å²) in [4.78, 5) is 16.8. The van der Waals surface area contributed by atoms with E-state index in [0.717, 1.165) is 26.7 Å². The minimum Gasteiger partial charge on any atom is -0.338 e. The number of hydrogen-bond acceptors (Lipinski definition) is 5. The van der Waals surface area contributed by atoms with Crippen LogP contribution in [0.4, 0.5) is 17.2 Å². The molecule has 0 saturated heterocycles. The van der Waals surface area contributed by atoms with Crippen molar-refractivity contribution in [3.8, 4) is 11.8 Å². The molecule has 0 saturated carbocycles. The third kappa shape index (κ3) is 3.45. The van der Waals surface area contributed by atoms with Crippen LogP contribution in [0.3, 0.4) is 0 Å². The molecule has 1 aromatic heterocycles. The fraction of sp³-hybridized carbons (Fsp3) is 0.136. The highest BCUT2D eigenvalue weighted by molar-refractivity contribution is 7.99. The maximum absolute atomic E-state index is 13.1. The third-order valence-corrected chi connectivity index (χ3v) is 5.56. The highest BCUT2D eigenvalue weighted by Gasteiger charge is 2.26. The number of amides is 1. The second kappa shape index (κ2) is 7.75. The van der Waals surface area contributed by atoms with Crippen molar-refractivity contribution in [3.63, 3.8) is 0 Å². The standard InChI is InChI=1S/C22H18N4OS/c1-3-4-13-26-18-10-9-16(24-21-15(2)11-12-23-25-21)14-20(18)28-19-8-6-5-7-17(19)22(26)27/h5-12,14H,13H2,1-2H3,(H,24,25). The van der Waals surface area contributed by atoms with E-state index in [0.29, 0.717) is 17.9 Å². The van der Waals surface area contributed by atoms with E-state index in [9.17, 15) is 4.79 Å². The Morgan fingerprint density at radius 3 is 2.82 bits per heavy atom. The molecule has 0 unspecified atom stereocenters. The zero-order valence-corrected chi connectivity index (χ0v) is 16.4. The third-order valence-electron chi connectivity index (χ3n) is 4.43. The second-order valence-electron chi connectivity index (χ2n) is 6.29. The first-order valence-corrected chi connectivity index (χ1v) is 9.67. The van der Waals surface area contributed by atoms with Gasteiger partial charge in [0, 0.05) is 15.5 Å². The lowest BCUT2D eigenvalue weighted by Crippen LogP contribution is -2.31. The predicted molar refractivity (Wildman–Crippen MR) is 112 cm³/mol. The molecule has 2 heterocycles. The number of fused-ring (bicyclic) bond motifs is 2. The van der Waals surface area contributed by atoms with Crippen molar-refractivity contribution in [1.82, 2.24) is 10.2 Å². The molecule has 5 nitrogen and oxygen atoms in total. The van der Waals surface area contributed by atoms with E-state index in [1.54, 1.807) is 29.8 Å². The summed E-state index contributed by atoms with van der Waals surface area (Å²) in [6.07, 6.45) is 1.67. The first-order chi connectivity index (χ1) is 13.7. The number of benzene rings is 2. The SMILES string of the molecule is CC#CCN1C(=O)c2ccccc2Sc2cc(Nc3nnccc3C)ccc21. The van der Waals surface area contributed by atoms with E-state index in [4.69, 9.17) is 0 Å². The van der Waals surface area contributed by atoms with Crippen LogP contribution in [-0.2, 0) is 0 Å². The topological polar surface area (TPSA) is 58.1 Å². The van der Waals surface area contributed by atoms with E-state index in [1.807, 2.05) is 55.5 Å². The van der Waals surface area contributed by atoms with Gasteiger partial charge in [0.2, 0.25) is 0 Å². The first kappa shape index (κ1) is 18.1. The highest BCUT2D eigenvalue weighted by atomic mass is 32.2. The molecule has 1 aliphatic rings. The minimum atomic E-state index is -0.0323. The van der Waals surface area contributed by atoms with Crippen LogP contribution in [0.15, 0.2) is 64.5 Å². The van der Waals surface area contributed by atoms with Gasteiger partial charge in [-0.05, 0) is 55.8 Å². The fourth-order valence-corrected chi connectivity index (χ4v) is 4.09. The van der Waals surface area contributed by atoms with Crippen molar-refractivity contribution in [2.24, 2.45) is 0 Å². The Balaban J connectivity index is 1.78. The van der Waals surface area contributed by atoms with E-state index in [1.165, 1.54) is 0 Å². The maximum Gasteiger partial charge on any atom is 0.260 e. The highest BCUT2D eigenvalue weighted by Crippen LogP contribution is 2.42. The fourth-order valence-electron chi connectivity index (χ4n) is 2.97. The first-order valence-electron chi connectivity index (χ1n) is 8.85. The average molecular weight is 386 g/mol. The van der Waals surface area contributed by atoms with Gasteiger partial charge in [0.15, 0.2) is 5.82 Å². The molecule has 4 rings (SSSR count). The molecular weight excluding hydrogens is 368 g/mol. The Bertz CT molecular complexity index is 1120. The van der Waals surface area contributed by atoms with Crippen LogP contribution in [0.1, 0.15) is 22.8 Å². The van der Waals surface area contributed by atoms with Crippen molar-refractivity contribution in [2.75, 3.05) is 16.8 Å². The number of aromatic nitrogens is 2. The van der Waals surface area contributed by atoms with Crippen LogP contribution in [0, 0.1) is 18.8 Å². The van der Waals surface area contributed by atoms with E-state index in [2.05, 4.69) is 27.4 Å². The van der Waals surface area contributed by atoms with Gasteiger partial charge in [-0.3, -0.25) is 9.69 Å². The summed E-state index contributed by atoms with van der Waals surface area (Å²) in [7, 11) is 0. The largest absolute Gasteiger partial charge is 0.338 e. The Hall–Kier alpha value is -3.30. The molecule has 6 heteroatoms. The summed E-state index contributed by atoms with van der Waals surface area (Å²) in [5.74, 6) is 6.59. The van der Waals surface area contributed by atoms with Crippen molar-refractivity contribution in [2.45, 2.75) is 23.6 Å². The lowest BCUT2D eigenvalue weighted by atomic mass is 10.1. The van der Waals surface area contributed by atoms with Gasteiger partial charge in [-0.15, -0.1) is 11.0 Å². The Morgan fingerprint density at radius 2 is 2.00 bits per heavy atom. The van der Waals surface area contributed by atoms with E-state index in [-0.39, 0.29) is 5.91 Å². The Kier molecular flexibility index (Phi) is 5.00. The molecule has 1 N–H and O–H groups in total. The van der Waals surface area contributed by atoms with Gasteiger partial charge in [-0.25, -0.2) is 0 Å². The molecule has 0 radical (unpaired) electrons. The average Bonchev–Trinajstić information content (AvgIpc) is 2.82. The molecule has 0 bridgehead atoms. The van der Waals surface area contributed by atoms with Gasteiger partial charge in [-0.1, -0.05) is 29.8 Å². The molecule has 2 aromatic carbocycles. The van der Waals surface area contributed by atoms with Gasteiger partial charge >= 0.3 is 0 Å². The monoisotopic (exact) mass is 386 g/mol. The molecule has 0 fully saturated rings. The number of carbonyl (C=O) groups excluding carboxylic acids is 1. The normalized spacial score (nSPS) is 12.4. The summed E-state index contributed by atoms with van der Waals surface area (Å²) in [5.41, 5.74) is 3.46. The number of nitrogens with zero attached hydrogens (tertiary/aromatic N) is 3. The van der Waals surface area contributed by atoms with Crippen LogP contribution in [-0.4, -0.2) is 22.6 Å². The van der Waals surface area contributed by atoms with E-state index >= 15 is 0 Å². The molecule has 1 amide bonds. The van der Waals surface area contributed by atoms with Crippen molar-refractivity contribution < 1.29 is 4.79 Å². The maximum atomic E-state index is 13.1. The summed E-state index contributed by atoms with van der Waals surface area (Å²) in [6, 6.07) is 15.5. The zero-order chi connectivity index (χ0) is 19.5. The van der Waals surface area contributed by atoms with Crippen LogP contribution >= 0.6 is 11.8 Å². The number of hydrogen-bond donors (Lipinski definition) is 1. The van der Waals surface area contributed by atoms with Crippen molar-refractivity contribution in [1.29, 1.82) is 0 Å².